The minimum absolute atomic E-state index is 0.166. The Kier molecular flexibility index (Phi) is 5.31. The van der Waals surface area contributed by atoms with Gasteiger partial charge in [0.25, 0.3) is 5.69 Å². The van der Waals surface area contributed by atoms with Gasteiger partial charge in [0, 0.05) is 12.1 Å². The number of halogens is 1. The molecule has 1 atom stereocenters. The summed E-state index contributed by atoms with van der Waals surface area (Å²) in [7, 11) is 1.39. The van der Waals surface area contributed by atoms with Gasteiger partial charge in [-0.2, -0.15) is 0 Å². The monoisotopic (exact) mass is 333 g/mol. The maximum Gasteiger partial charge on any atom is 0.271 e. The number of anilines is 2. The highest BCUT2D eigenvalue weighted by atomic mass is 19.1. The minimum atomic E-state index is -0.772. The number of rotatable bonds is 6. The molecule has 0 fully saturated rings. The molecule has 0 aliphatic heterocycles. The van der Waals surface area contributed by atoms with Gasteiger partial charge >= 0.3 is 0 Å². The van der Waals surface area contributed by atoms with Gasteiger partial charge in [0.1, 0.15) is 17.6 Å². The molecule has 1 amide bonds. The van der Waals surface area contributed by atoms with Crippen molar-refractivity contribution < 1.29 is 18.8 Å². The molecule has 0 unspecified atom stereocenters. The molecule has 126 valence electrons. The second-order valence-electron chi connectivity index (χ2n) is 4.98. The summed E-state index contributed by atoms with van der Waals surface area (Å²) in [6.07, 6.45) is 0. The smallest absolute Gasteiger partial charge is 0.271 e. The fourth-order valence-corrected chi connectivity index (χ4v) is 2.03. The van der Waals surface area contributed by atoms with Crippen molar-refractivity contribution >= 4 is 23.0 Å². The molecule has 8 heteroatoms. The van der Waals surface area contributed by atoms with Crippen LogP contribution in [0.2, 0.25) is 0 Å². The molecule has 0 aromatic heterocycles. The van der Waals surface area contributed by atoms with Gasteiger partial charge in [-0.05, 0) is 25.1 Å². The van der Waals surface area contributed by atoms with Gasteiger partial charge in [0.05, 0.1) is 23.4 Å². The maximum absolute atomic E-state index is 13.6. The van der Waals surface area contributed by atoms with Crippen LogP contribution in [0.15, 0.2) is 42.5 Å². The molecule has 0 aliphatic rings. The van der Waals surface area contributed by atoms with E-state index in [0.717, 1.165) is 0 Å². The van der Waals surface area contributed by atoms with E-state index in [1.54, 1.807) is 19.1 Å². The zero-order valence-corrected chi connectivity index (χ0v) is 13.1. The molecule has 2 N–H and O–H groups in total. The van der Waals surface area contributed by atoms with E-state index in [9.17, 15) is 19.3 Å². The number of methoxy groups -OCH3 is 1. The van der Waals surface area contributed by atoms with Crippen LogP contribution in [0.3, 0.4) is 0 Å². The van der Waals surface area contributed by atoms with Crippen LogP contribution < -0.4 is 15.4 Å². The predicted octanol–water partition coefficient (Wildman–Crippen LogP) is 3.18. The first-order valence-electron chi connectivity index (χ1n) is 7.06. The second-order valence-corrected chi connectivity index (χ2v) is 4.98. The number of carbonyl (C=O) groups is 1. The van der Waals surface area contributed by atoms with Gasteiger partial charge in [0.15, 0.2) is 0 Å². The van der Waals surface area contributed by atoms with Gasteiger partial charge in [-0.1, -0.05) is 12.1 Å². The molecule has 0 heterocycles. The van der Waals surface area contributed by atoms with Crippen molar-refractivity contribution in [2.45, 2.75) is 13.0 Å². The topological polar surface area (TPSA) is 93.5 Å². The molecule has 0 spiro atoms. The lowest BCUT2D eigenvalue weighted by molar-refractivity contribution is -0.384. The lowest BCUT2D eigenvalue weighted by atomic mass is 10.2. The Morgan fingerprint density at radius 2 is 1.96 bits per heavy atom. The average molecular weight is 333 g/mol. The lowest BCUT2D eigenvalue weighted by Gasteiger charge is -2.17. The van der Waals surface area contributed by atoms with Crippen molar-refractivity contribution in [2.75, 3.05) is 17.7 Å². The Morgan fingerprint density at radius 1 is 1.25 bits per heavy atom. The van der Waals surface area contributed by atoms with Gasteiger partial charge < -0.3 is 15.4 Å². The van der Waals surface area contributed by atoms with Crippen molar-refractivity contribution in [1.82, 2.24) is 0 Å². The number of benzene rings is 2. The second kappa shape index (κ2) is 7.40. The summed E-state index contributed by atoms with van der Waals surface area (Å²) in [6.45, 7) is 1.55. The van der Waals surface area contributed by atoms with Crippen LogP contribution >= 0.6 is 0 Å². The molecule has 0 aliphatic carbocycles. The van der Waals surface area contributed by atoms with Gasteiger partial charge in [-0.25, -0.2) is 4.39 Å². The molecule has 24 heavy (non-hydrogen) atoms. The highest BCUT2D eigenvalue weighted by molar-refractivity contribution is 5.97. The van der Waals surface area contributed by atoms with Gasteiger partial charge in [0.2, 0.25) is 5.91 Å². The highest BCUT2D eigenvalue weighted by Gasteiger charge is 2.18. The first-order chi connectivity index (χ1) is 11.4. The Balaban J connectivity index is 2.15. The molecule has 2 rings (SSSR count). The molecule has 0 saturated heterocycles. The van der Waals surface area contributed by atoms with Crippen molar-refractivity contribution in [3.63, 3.8) is 0 Å². The number of ether oxygens (including phenoxy) is 1. The van der Waals surface area contributed by atoms with E-state index < -0.39 is 22.7 Å². The zero-order valence-electron chi connectivity index (χ0n) is 13.1. The van der Waals surface area contributed by atoms with Crippen molar-refractivity contribution in [3.05, 3.63) is 58.4 Å². The third kappa shape index (κ3) is 3.97. The van der Waals surface area contributed by atoms with Crippen molar-refractivity contribution in [3.8, 4) is 5.75 Å². The summed E-state index contributed by atoms with van der Waals surface area (Å²) in [6, 6.07) is 9.05. The van der Waals surface area contributed by atoms with E-state index in [1.807, 2.05) is 0 Å². The summed E-state index contributed by atoms with van der Waals surface area (Å²) in [4.78, 5) is 22.5. The molecule has 2 aromatic rings. The standard InChI is InChI=1S/C16H16FN3O4/c1-10(18-13-6-4-3-5-12(13)17)16(21)19-14-9-11(20(22)23)7-8-15(14)24-2/h3-10,18H,1-2H3,(H,19,21)/t10-/m0/s1. The fraction of sp³-hybridized carbons (Fsp3) is 0.188. The number of hydrogen-bond donors (Lipinski definition) is 2. The van der Waals surface area contributed by atoms with Gasteiger partial charge in [-0.15, -0.1) is 0 Å². The Hall–Kier alpha value is -3.16. The number of nitro benzene ring substituents is 1. The van der Waals surface area contributed by atoms with Crippen molar-refractivity contribution in [2.24, 2.45) is 0 Å². The molecule has 0 radical (unpaired) electrons. The van der Waals surface area contributed by atoms with Crippen LogP contribution in [0, 0.1) is 15.9 Å². The van der Waals surface area contributed by atoms with Crippen molar-refractivity contribution in [1.29, 1.82) is 0 Å². The van der Waals surface area contributed by atoms with Crippen LogP contribution in [0.1, 0.15) is 6.92 Å². The van der Waals surface area contributed by atoms with E-state index in [-0.39, 0.29) is 22.8 Å². The van der Waals surface area contributed by atoms with Crippen LogP contribution in [-0.4, -0.2) is 24.0 Å². The summed E-state index contributed by atoms with van der Waals surface area (Å²) in [5.41, 5.74) is 0.172. The van der Waals surface area contributed by atoms with E-state index in [1.165, 1.54) is 37.4 Å². The molecular weight excluding hydrogens is 317 g/mol. The minimum Gasteiger partial charge on any atom is -0.495 e. The van der Waals surface area contributed by atoms with E-state index in [0.29, 0.717) is 0 Å². The van der Waals surface area contributed by atoms with Gasteiger partial charge in [-0.3, -0.25) is 14.9 Å². The molecule has 2 aromatic carbocycles. The summed E-state index contributed by atoms with van der Waals surface area (Å²) >= 11 is 0. The SMILES string of the molecule is COc1ccc([N+](=O)[O-])cc1NC(=O)[C@H](C)Nc1ccccc1F. The van der Waals surface area contributed by atoms with E-state index in [4.69, 9.17) is 4.74 Å². The molecule has 0 saturated carbocycles. The van der Waals surface area contributed by atoms with Crippen LogP contribution in [0.5, 0.6) is 5.75 Å². The zero-order chi connectivity index (χ0) is 17.7. The number of carbonyl (C=O) groups excluding carboxylic acids is 1. The largest absolute Gasteiger partial charge is 0.495 e. The third-order valence-electron chi connectivity index (χ3n) is 3.29. The normalized spacial score (nSPS) is 11.5. The lowest BCUT2D eigenvalue weighted by Crippen LogP contribution is -2.32. The van der Waals surface area contributed by atoms with Crippen LogP contribution in [0.25, 0.3) is 0 Å². The number of non-ortho nitro benzene ring substituents is 1. The number of nitrogens with zero attached hydrogens (tertiary/aromatic N) is 1. The predicted molar refractivity (Wildman–Crippen MR) is 87.8 cm³/mol. The first kappa shape index (κ1) is 17.2. The Labute approximate surface area is 137 Å². The number of nitrogens with one attached hydrogen (secondary N) is 2. The number of nitro groups is 1. The summed E-state index contributed by atoms with van der Waals surface area (Å²) < 4.78 is 18.7. The first-order valence-corrected chi connectivity index (χ1v) is 7.06. The summed E-state index contributed by atoms with van der Waals surface area (Å²) in [5.74, 6) is -0.686. The van der Waals surface area contributed by atoms with Crippen LogP contribution in [-0.2, 0) is 4.79 Å². The molecular formula is C16H16FN3O4. The third-order valence-corrected chi connectivity index (χ3v) is 3.29. The quantitative estimate of drug-likeness (QED) is 0.625. The number of amides is 1. The van der Waals surface area contributed by atoms with E-state index >= 15 is 0 Å². The number of para-hydroxylation sites is 1. The highest BCUT2D eigenvalue weighted by Crippen LogP contribution is 2.29. The summed E-state index contributed by atoms with van der Waals surface area (Å²) in [5, 5.41) is 16.1. The maximum atomic E-state index is 13.6. The Morgan fingerprint density at radius 3 is 2.58 bits per heavy atom. The number of hydrogen-bond acceptors (Lipinski definition) is 5. The fourth-order valence-electron chi connectivity index (χ4n) is 2.03. The van der Waals surface area contributed by atoms with Crippen LogP contribution in [0.4, 0.5) is 21.5 Å². The molecule has 0 bridgehead atoms. The van der Waals surface area contributed by atoms with E-state index in [2.05, 4.69) is 10.6 Å². The molecule has 7 nitrogen and oxygen atoms in total. The average Bonchev–Trinajstić information content (AvgIpc) is 2.56. The Bertz CT molecular complexity index is 767.